The molecule has 4 aromatic rings. The number of hydrogen-bond acceptors (Lipinski definition) is 7. The van der Waals surface area contributed by atoms with Crippen molar-refractivity contribution in [3.8, 4) is 5.69 Å². The van der Waals surface area contributed by atoms with Crippen molar-refractivity contribution in [2.45, 2.75) is 0 Å². The average Bonchev–Trinajstić information content (AvgIpc) is 3.18. The predicted octanol–water partition coefficient (Wildman–Crippen LogP) is 3.00. The second-order valence-electron chi connectivity index (χ2n) is 5.66. The van der Waals surface area contributed by atoms with Gasteiger partial charge in [-0.3, -0.25) is 25.0 Å². The Hall–Kier alpha value is -3.92. The number of amides is 1. The summed E-state index contributed by atoms with van der Waals surface area (Å²) >= 11 is 0.735. The van der Waals surface area contributed by atoms with E-state index in [-0.39, 0.29) is 21.4 Å². The molecule has 2 aromatic heterocycles. The number of nitro groups is 1. The number of thiazole rings is 1. The Bertz CT molecular complexity index is 1270. The number of carbonyl (C=O) groups excluding carboxylic acids is 1. The molecule has 0 saturated heterocycles. The molecule has 0 aliphatic rings. The Labute approximate surface area is 161 Å². The third-order valence-electron chi connectivity index (χ3n) is 3.91. The zero-order valence-corrected chi connectivity index (χ0v) is 14.9. The molecule has 9 nitrogen and oxygen atoms in total. The summed E-state index contributed by atoms with van der Waals surface area (Å²) in [5.41, 5.74) is 0.164. The standard InChI is InChI=1S/C18H11N5O4S/c24-16(20-18-19-10-14(28-18)23(26)27)15-12-8-4-5-9-13(12)17(25)22(21-15)11-6-2-1-3-7-11/h1-10H,(H,19,20,24). The molecule has 0 spiro atoms. The monoisotopic (exact) mass is 393 g/mol. The molecule has 0 unspecified atom stereocenters. The molecule has 0 radical (unpaired) electrons. The average molecular weight is 393 g/mol. The van der Waals surface area contributed by atoms with Gasteiger partial charge < -0.3 is 0 Å². The first-order chi connectivity index (χ1) is 13.5. The lowest BCUT2D eigenvalue weighted by Gasteiger charge is -2.10. The number of benzene rings is 2. The Balaban J connectivity index is 1.83. The molecule has 0 aliphatic heterocycles. The molecule has 0 aliphatic carbocycles. The molecule has 4 rings (SSSR count). The second-order valence-corrected chi connectivity index (χ2v) is 6.67. The van der Waals surface area contributed by atoms with Crippen LogP contribution in [0.3, 0.4) is 0 Å². The van der Waals surface area contributed by atoms with E-state index in [1.807, 2.05) is 0 Å². The van der Waals surface area contributed by atoms with E-state index in [1.54, 1.807) is 54.6 Å². The molecule has 1 N–H and O–H groups in total. The van der Waals surface area contributed by atoms with Crippen LogP contribution in [0.1, 0.15) is 10.5 Å². The maximum atomic E-state index is 12.8. The largest absolute Gasteiger partial charge is 0.345 e. The van der Waals surface area contributed by atoms with Gasteiger partial charge in [-0.2, -0.15) is 9.78 Å². The number of rotatable bonds is 4. The first-order valence-corrected chi connectivity index (χ1v) is 8.85. The third kappa shape index (κ3) is 3.12. The molecule has 0 atom stereocenters. The molecular weight excluding hydrogens is 382 g/mol. The maximum absolute atomic E-state index is 12.8. The lowest BCUT2D eigenvalue weighted by molar-refractivity contribution is -0.380. The van der Waals surface area contributed by atoms with E-state index in [0.717, 1.165) is 22.2 Å². The van der Waals surface area contributed by atoms with Crippen LogP contribution in [0.15, 0.2) is 65.6 Å². The fourth-order valence-corrected chi connectivity index (χ4v) is 3.29. The van der Waals surface area contributed by atoms with Crippen molar-refractivity contribution in [3.63, 3.8) is 0 Å². The summed E-state index contributed by atoms with van der Waals surface area (Å²) in [6.45, 7) is 0. The molecule has 2 aromatic carbocycles. The number of fused-ring (bicyclic) bond motifs is 1. The van der Waals surface area contributed by atoms with Gasteiger partial charge in [0.25, 0.3) is 11.5 Å². The van der Waals surface area contributed by atoms with E-state index in [2.05, 4.69) is 15.4 Å². The van der Waals surface area contributed by atoms with Crippen LogP contribution < -0.4 is 10.9 Å². The lowest BCUT2D eigenvalue weighted by Crippen LogP contribution is -2.26. The minimum Gasteiger partial charge on any atom is -0.296 e. The van der Waals surface area contributed by atoms with Crippen molar-refractivity contribution in [2.75, 3.05) is 5.32 Å². The Morgan fingerprint density at radius 3 is 2.43 bits per heavy atom. The summed E-state index contributed by atoms with van der Waals surface area (Å²) in [6.07, 6.45) is 1.07. The van der Waals surface area contributed by atoms with E-state index in [1.165, 1.54) is 0 Å². The van der Waals surface area contributed by atoms with Gasteiger partial charge in [0.1, 0.15) is 6.20 Å². The molecule has 138 valence electrons. The van der Waals surface area contributed by atoms with E-state index < -0.39 is 10.8 Å². The van der Waals surface area contributed by atoms with E-state index in [9.17, 15) is 19.7 Å². The van der Waals surface area contributed by atoms with Crippen molar-refractivity contribution >= 4 is 38.1 Å². The summed E-state index contributed by atoms with van der Waals surface area (Å²) in [6, 6.07) is 15.4. The maximum Gasteiger partial charge on any atom is 0.345 e. The van der Waals surface area contributed by atoms with Gasteiger partial charge in [0.15, 0.2) is 10.8 Å². The first kappa shape index (κ1) is 17.5. The van der Waals surface area contributed by atoms with Gasteiger partial charge >= 0.3 is 5.00 Å². The molecule has 10 heteroatoms. The molecule has 0 saturated carbocycles. The van der Waals surface area contributed by atoms with Gasteiger partial charge in [-0.15, -0.1) is 0 Å². The van der Waals surface area contributed by atoms with Gasteiger partial charge in [0.05, 0.1) is 16.0 Å². The lowest BCUT2D eigenvalue weighted by atomic mass is 10.1. The third-order valence-corrected chi connectivity index (χ3v) is 4.78. The van der Waals surface area contributed by atoms with E-state index >= 15 is 0 Å². The van der Waals surface area contributed by atoms with Crippen LogP contribution >= 0.6 is 11.3 Å². The summed E-state index contributed by atoms with van der Waals surface area (Å²) in [4.78, 5) is 39.7. The SMILES string of the molecule is O=C(Nc1ncc([N+](=O)[O-])s1)c1nn(-c2ccccc2)c(=O)c2ccccc12. The van der Waals surface area contributed by atoms with E-state index in [4.69, 9.17) is 0 Å². The molecule has 28 heavy (non-hydrogen) atoms. The molecule has 1 amide bonds. The van der Waals surface area contributed by atoms with E-state index in [0.29, 0.717) is 16.5 Å². The number of anilines is 1. The second kappa shape index (κ2) is 7.00. The van der Waals surface area contributed by atoms with Crippen LogP contribution in [0, 0.1) is 10.1 Å². The zero-order chi connectivity index (χ0) is 19.7. The Morgan fingerprint density at radius 2 is 1.75 bits per heavy atom. The molecule has 0 fully saturated rings. The van der Waals surface area contributed by atoms with Crippen molar-refractivity contribution in [1.29, 1.82) is 0 Å². The molecule has 0 bridgehead atoms. The van der Waals surface area contributed by atoms with Crippen molar-refractivity contribution in [3.05, 3.63) is 87.0 Å². The van der Waals surface area contributed by atoms with Crippen LogP contribution in [0.25, 0.3) is 16.5 Å². The van der Waals surface area contributed by atoms with Gasteiger partial charge in [0.2, 0.25) is 0 Å². The highest BCUT2D eigenvalue weighted by molar-refractivity contribution is 7.18. The van der Waals surface area contributed by atoms with Crippen LogP contribution in [0.5, 0.6) is 0 Å². The zero-order valence-electron chi connectivity index (χ0n) is 14.1. The smallest absolute Gasteiger partial charge is 0.296 e. The van der Waals surface area contributed by atoms with Crippen molar-refractivity contribution in [2.24, 2.45) is 0 Å². The summed E-state index contributed by atoms with van der Waals surface area (Å²) in [5.74, 6) is -0.620. The number of para-hydroxylation sites is 1. The summed E-state index contributed by atoms with van der Waals surface area (Å²) < 4.78 is 1.15. The highest BCUT2D eigenvalue weighted by Gasteiger charge is 2.20. The predicted molar refractivity (Wildman–Crippen MR) is 104 cm³/mol. The Kier molecular flexibility index (Phi) is 4.38. The number of nitrogens with zero attached hydrogens (tertiary/aromatic N) is 4. The van der Waals surface area contributed by atoms with Crippen LogP contribution in [0.2, 0.25) is 0 Å². The number of nitrogens with one attached hydrogen (secondary N) is 1. The van der Waals surface area contributed by atoms with Crippen LogP contribution in [-0.2, 0) is 0 Å². The minimum absolute atomic E-state index is 0.0110. The minimum atomic E-state index is -0.620. The highest BCUT2D eigenvalue weighted by atomic mass is 32.1. The number of hydrogen-bond donors (Lipinski definition) is 1. The number of aromatic nitrogens is 3. The highest BCUT2D eigenvalue weighted by Crippen LogP contribution is 2.26. The summed E-state index contributed by atoms with van der Waals surface area (Å²) in [5, 5.41) is 18.1. The fourth-order valence-electron chi connectivity index (χ4n) is 2.67. The molecular formula is C18H11N5O4S. The van der Waals surface area contributed by atoms with Gasteiger partial charge in [0, 0.05) is 5.39 Å². The fraction of sp³-hybridized carbons (Fsp3) is 0. The van der Waals surface area contributed by atoms with Gasteiger partial charge in [-0.05, 0) is 29.5 Å². The topological polar surface area (TPSA) is 120 Å². The van der Waals surface area contributed by atoms with Crippen LogP contribution in [-0.4, -0.2) is 25.6 Å². The van der Waals surface area contributed by atoms with Crippen LogP contribution in [0.4, 0.5) is 10.1 Å². The van der Waals surface area contributed by atoms with Gasteiger partial charge in [-0.1, -0.05) is 36.4 Å². The van der Waals surface area contributed by atoms with Crippen molar-refractivity contribution < 1.29 is 9.72 Å². The summed E-state index contributed by atoms with van der Waals surface area (Å²) in [7, 11) is 0. The molecule has 2 heterocycles. The Morgan fingerprint density at radius 1 is 1.07 bits per heavy atom. The van der Waals surface area contributed by atoms with Gasteiger partial charge in [-0.25, -0.2) is 4.98 Å². The number of carbonyl (C=O) groups is 1. The normalized spacial score (nSPS) is 10.7. The van der Waals surface area contributed by atoms with Crippen molar-refractivity contribution in [1.82, 2.24) is 14.8 Å². The quantitative estimate of drug-likeness (QED) is 0.420. The first-order valence-electron chi connectivity index (χ1n) is 8.03.